The van der Waals surface area contributed by atoms with Crippen molar-refractivity contribution in [2.24, 2.45) is 0 Å². The number of nitrogens with one attached hydrogen (secondary N) is 1. The van der Waals surface area contributed by atoms with Crippen molar-refractivity contribution in [1.82, 2.24) is 10.2 Å². The molecule has 0 atom stereocenters. The Morgan fingerprint density at radius 2 is 1.65 bits per heavy atom. The van der Waals surface area contributed by atoms with Crippen molar-refractivity contribution in [2.75, 3.05) is 25.9 Å². The molecule has 1 aliphatic heterocycles. The van der Waals surface area contributed by atoms with E-state index in [1.54, 1.807) is 18.2 Å². The molecular formula is C20H30N2O3S. The highest BCUT2D eigenvalue weighted by Crippen LogP contribution is 2.35. The summed E-state index contributed by atoms with van der Waals surface area (Å²) in [5.41, 5.74) is 0.286. The van der Waals surface area contributed by atoms with Crippen molar-refractivity contribution in [3.63, 3.8) is 0 Å². The van der Waals surface area contributed by atoms with Crippen LogP contribution in [0.15, 0.2) is 29.2 Å². The third-order valence-corrected chi connectivity index (χ3v) is 7.08. The molecule has 1 aromatic carbocycles. The fourth-order valence-electron chi connectivity index (χ4n) is 4.50. The minimum Gasteiger partial charge on any atom is -0.350 e. The van der Waals surface area contributed by atoms with E-state index >= 15 is 0 Å². The summed E-state index contributed by atoms with van der Waals surface area (Å²) in [7, 11) is -3.43. The third-order valence-electron chi connectivity index (χ3n) is 5.92. The van der Waals surface area contributed by atoms with Gasteiger partial charge in [-0.3, -0.25) is 9.69 Å². The predicted octanol–water partition coefficient (Wildman–Crippen LogP) is 3.01. The van der Waals surface area contributed by atoms with E-state index in [-0.39, 0.29) is 21.9 Å². The highest BCUT2D eigenvalue weighted by Gasteiger charge is 2.38. The van der Waals surface area contributed by atoms with E-state index in [4.69, 9.17) is 0 Å². The molecule has 26 heavy (non-hydrogen) atoms. The lowest BCUT2D eigenvalue weighted by atomic mass is 9.79. The quantitative estimate of drug-likeness (QED) is 0.855. The predicted molar refractivity (Wildman–Crippen MR) is 103 cm³/mol. The van der Waals surface area contributed by atoms with Crippen LogP contribution in [-0.4, -0.2) is 50.7 Å². The molecule has 1 N–H and O–H groups in total. The molecule has 0 aromatic heterocycles. The molecule has 2 fully saturated rings. The van der Waals surface area contributed by atoms with E-state index in [0.717, 1.165) is 32.2 Å². The Kier molecular flexibility index (Phi) is 6.03. The van der Waals surface area contributed by atoms with E-state index in [1.807, 2.05) is 0 Å². The zero-order valence-corrected chi connectivity index (χ0v) is 16.5. The summed E-state index contributed by atoms with van der Waals surface area (Å²) in [5, 5.41) is 3.07. The Morgan fingerprint density at radius 1 is 1.04 bits per heavy atom. The fourth-order valence-corrected chi connectivity index (χ4v) is 5.39. The minimum atomic E-state index is -3.43. The summed E-state index contributed by atoms with van der Waals surface area (Å²) in [6.45, 7) is 2.82. The Bertz CT molecular complexity index is 733. The Balaban J connectivity index is 1.76. The molecule has 3 rings (SSSR count). The number of carbonyl (C=O) groups excluding carboxylic acids is 1. The number of hydrogen-bond acceptors (Lipinski definition) is 4. The number of carbonyl (C=O) groups is 1. The van der Waals surface area contributed by atoms with Gasteiger partial charge in [0.05, 0.1) is 10.5 Å². The molecule has 0 radical (unpaired) electrons. The largest absolute Gasteiger partial charge is 0.350 e. The SMILES string of the molecule is CS(=O)(=O)c1ccccc1C(=O)NCC1(N2CCCCC2)CCCCC1. The lowest BCUT2D eigenvalue weighted by Crippen LogP contribution is -2.58. The maximum Gasteiger partial charge on any atom is 0.252 e. The van der Waals surface area contributed by atoms with Gasteiger partial charge < -0.3 is 5.32 Å². The summed E-state index contributed by atoms with van der Waals surface area (Å²) in [4.78, 5) is 15.5. The number of sulfone groups is 1. The van der Waals surface area contributed by atoms with Gasteiger partial charge >= 0.3 is 0 Å². The summed E-state index contributed by atoms with van der Waals surface area (Å²) < 4.78 is 24.0. The van der Waals surface area contributed by atoms with Crippen LogP contribution in [0.5, 0.6) is 0 Å². The van der Waals surface area contributed by atoms with Gasteiger partial charge in [-0.15, -0.1) is 0 Å². The number of benzene rings is 1. The number of amides is 1. The van der Waals surface area contributed by atoms with Crippen molar-refractivity contribution in [1.29, 1.82) is 0 Å². The van der Waals surface area contributed by atoms with Crippen LogP contribution >= 0.6 is 0 Å². The van der Waals surface area contributed by atoms with Crippen LogP contribution < -0.4 is 5.32 Å². The molecule has 1 saturated heterocycles. The molecule has 1 amide bonds. The van der Waals surface area contributed by atoms with Crippen LogP contribution in [0.2, 0.25) is 0 Å². The average Bonchev–Trinajstić information content (AvgIpc) is 2.67. The molecule has 0 bridgehead atoms. The van der Waals surface area contributed by atoms with Gasteiger partial charge in [-0.1, -0.05) is 37.8 Å². The first-order valence-corrected chi connectivity index (χ1v) is 11.6. The van der Waals surface area contributed by atoms with E-state index in [9.17, 15) is 13.2 Å². The van der Waals surface area contributed by atoms with Crippen molar-refractivity contribution < 1.29 is 13.2 Å². The Labute approximate surface area is 157 Å². The summed E-state index contributed by atoms with van der Waals surface area (Å²) in [5.74, 6) is -0.284. The van der Waals surface area contributed by atoms with Crippen molar-refractivity contribution >= 4 is 15.7 Å². The van der Waals surface area contributed by atoms with Crippen LogP contribution in [0.25, 0.3) is 0 Å². The third kappa shape index (κ3) is 4.29. The van der Waals surface area contributed by atoms with Gasteiger partial charge in [0.15, 0.2) is 9.84 Å². The standard InChI is InChI=1S/C20H30N2O3S/c1-26(24,25)18-11-5-4-10-17(18)19(23)21-16-20(12-6-2-7-13-20)22-14-8-3-9-15-22/h4-5,10-11H,2-3,6-9,12-16H2,1H3,(H,21,23). The second-order valence-corrected chi connectivity index (χ2v) is 9.77. The Hall–Kier alpha value is -1.40. The summed E-state index contributed by atoms with van der Waals surface area (Å²) >= 11 is 0. The molecular weight excluding hydrogens is 348 g/mol. The van der Waals surface area contributed by atoms with Crippen LogP contribution in [-0.2, 0) is 9.84 Å². The average molecular weight is 379 g/mol. The minimum absolute atomic E-state index is 0.0361. The smallest absolute Gasteiger partial charge is 0.252 e. The number of piperidine rings is 1. The topological polar surface area (TPSA) is 66.5 Å². The maximum absolute atomic E-state index is 12.8. The molecule has 0 unspecified atom stereocenters. The summed E-state index contributed by atoms with van der Waals surface area (Å²) in [6, 6.07) is 6.47. The molecule has 0 spiro atoms. The number of likely N-dealkylation sites (tertiary alicyclic amines) is 1. The number of rotatable bonds is 5. The highest BCUT2D eigenvalue weighted by molar-refractivity contribution is 7.90. The first-order chi connectivity index (χ1) is 12.4. The summed E-state index contributed by atoms with van der Waals surface area (Å²) in [6.07, 6.45) is 10.8. The van der Waals surface area contributed by atoms with Gasteiger partial charge in [0.2, 0.25) is 0 Å². The van der Waals surface area contributed by atoms with E-state index in [1.165, 1.54) is 44.6 Å². The highest BCUT2D eigenvalue weighted by atomic mass is 32.2. The molecule has 6 heteroatoms. The molecule has 5 nitrogen and oxygen atoms in total. The van der Waals surface area contributed by atoms with Gasteiger partial charge in [-0.25, -0.2) is 8.42 Å². The van der Waals surface area contributed by atoms with Gasteiger partial charge in [0.1, 0.15) is 0 Å². The molecule has 1 aliphatic carbocycles. The van der Waals surface area contributed by atoms with E-state index in [2.05, 4.69) is 10.2 Å². The molecule has 1 aromatic rings. The Morgan fingerprint density at radius 3 is 2.31 bits per heavy atom. The lowest BCUT2D eigenvalue weighted by molar-refractivity contribution is 0.0326. The lowest BCUT2D eigenvalue weighted by Gasteiger charge is -2.48. The molecule has 1 saturated carbocycles. The first-order valence-electron chi connectivity index (χ1n) is 9.75. The number of nitrogens with zero attached hydrogens (tertiary/aromatic N) is 1. The van der Waals surface area contributed by atoms with E-state index < -0.39 is 9.84 Å². The van der Waals surface area contributed by atoms with E-state index in [0.29, 0.717) is 6.54 Å². The number of hydrogen-bond donors (Lipinski definition) is 1. The zero-order chi connectivity index (χ0) is 18.6. The molecule has 1 heterocycles. The van der Waals surface area contributed by atoms with Gasteiger partial charge in [0, 0.05) is 18.3 Å². The second-order valence-electron chi connectivity index (χ2n) is 7.78. The fraction of sp³-hybridized carbons (Fsp3) is 0.650. The van der Waals surface area contributed by atoms with Gasteiger partial charge in [0.25, 0.3) is 5.91 Å². The molecule has 2 aliphatic rings. The van der Waals surface area contributed by atoms with Crippen LogP contribution in [0.4, 0.5) is 0 Å². The molecule has 144 valence electrons. The van der Waals surface area contributed by atoms with Crippen LogP contribution in [0.3, 0.4) is 0 Å². The van der Waals surface area contributed by atoms with Crippen LogP contribution in [0.1, 0.15) is 61.7 Å². The monoisotopic (exact) mass is 378 g/mol. The maximum atomic E-state index is 12.8. The van der Waals surface area contributed by atoms with Crippen LogP contribution in [0, 0.1) is 0 Å². The van der Waals surface area contributed by atoms with Crippen molar-refractivity contribution in [2.45, 2.75) is 61.8 Å². The van der Waals surface area contributed by atoms with Crippen molar-refractivity contribution in [3.8, 4) is 0 Å². The van der Waals surface area contributed by atoms with Gasteiger partial charge in [-0.05, 0) is 50.9 Å². The van der Waals surface area contributed by atoms with Crippen molar-refractivity contribution in [3.05, 3.63) is 29.8 Å². The first kappa shape index (κ1) is 19.4. The second kappa shape index (κ2) is 8.09. The normalized spacial score (nSPS) is 21.3. The van der Waals surface area contributed by atoms with Gasteiger partial charge in [-0.2, -0.15) is 0 Å². The zero-order valence-electron chi connectivity index (χ0n) is 15.7.